The van der Waals surface area contributed by atoms with E-state index in [9.17, 15) is 0 Å². The summed E-state index contributed by atoms with van der Waals surface area (Å²) in [5, 5.41) is 3.59. The van der Waals surface area contributed by atoms with Crippen molar-refractivity contribution in [3.05, 3.63) is 18.2 Å². The maximum atomic E-state index is 5.96. The van der Waals surface area contributed by atoms with Gasteiger partial charge in [-0.3, -0.25) is 0 Å². The van der Waals surface area contributed by atoms with E-state index in [4.69, 9.17) is 9.47 Å². The van der Waals surface area contributed by atoms with Gasteiger partial charge in [-0.15, -0.1) is 0 Å². The first kappa shape index (κ1) is 13.6. The number of hydrogen-bond donors (Lipinski definition) is 1. The molecule has 1 saturated heterocycles. The molecule has 1 aromatic carbocycles. The molecule has 3 rings (SSSR count). The van der Waals surface area contributed by atoms with Gasteiger partial charge in [-0.2, -0.15) is 0 Å². The molecule has 0 bridgehead atoms. The second-order valence-corrected chi connectivity index (χ2v) is 5.85. The molecule has 4 nitrogen and oxygen atoms in total. The van der Waals surface area contributed by atoms with Gasteiger partial charge in [0, 0.05) is 19.0 Å². The van der Waals surface area contributed by atoms with Crippen molar-refractivity contribution in [1.82, 2.24) is 0 Å². The standard InChI is InChI=1S/C16H24N2O2/c1-4-18-13-6-5-7-15(20-11(2)3)16(13)17-8-12-9-19-10-14(12)18/h5-7,11-12,14,17H,4,8-10H2,1-3H3. The molecule has 110 valence electrons. The molecule has 1 aromatic rings. The third-order valence-corrected chi connectivity index (χ3v) is 4.12. The molecule has 0 aromatic heterocycles. The Hall–Kier alpha value is -1.42. The van der Waals surface area contributed by atoms with E-state index in [0.29, 0.717) is 12.0 Å². The first-order chi connectivity index (χ1) is 9.70. The highest BCUT2D eigenvalue weighted by atomic mass is 16.5. The van der Waals surface area contributed by atoms with Crippen LogP contribution in [0, 0.1) is 5.92 Å². The van der Waals surface area contributed by atoms with Gasteiger partial charge in [-0.05, 0) is 32.9 Å². The summed E-state index contributed by atoms with van der Waals surface area (Å²) in [6, 6.07) is 6.79. The van der Waals surface area contributed by atoms with Gasteiger partial charge < -0.3 is 19.7 Å². The number of benzene rings is 1. The van der Waals surface area contributed by atoms with E-state index in [1.165, 1.54) is 5.69 Å². The number of anilines is 2. The molecule has 20 heavy (non-hydrogen) atoms. The molecular weight excluding hydrogens is 252 g/mol. The van der Waals surface area contributed by atoms with Gasteiger partial charge in [0.1, 0.15) is 11.4 Å². The van der Waals surface area contributed by atoms with Gasteiger partial charge in [0.15, 0.2) is 0 Å². The smallest absolute Gasteiger partial charge is 0.144 e. The number of para-hydroxylation sites is 1. The minimum atomic E-state index is 0.185. The summed E-state index contributed by atoms with van der Waals surface area (Å²) in [7, 11) is 0. The zero-order valence-electron chi connectivity index (χ0n) is 12.6. The lowest BCUT2D eigenvalue weighted by Crippen LogP contribution is -2.40. The Balaban J connectivity index is 2.00. The van der Waals surface area contributed by atoms with Crippen molar-refractivity contribution in [3.63, 3.8) is 0 Å². The van der Waals surface area contributed by atoms with Crippen LogP contribution in [0.3, 0.4) is 0 Å². The third kappa shape index (κ3) is 2.33. The van der Waals surface area contributed by atoms with Crippen LogP contribution >= 0.6 is 0 Å². The summed E-state index contributed by atoms with van der Waals surface area (Å²) in [4.78, 5) is 2.46. The molecule has 1 N–H and O–H groups in total. The Morgan fingerprint density at radius 2 is 2.25 bits per heavy atom. The largest absolute Gasteiger partial charge is 0.489 e. The zero-order valence-corrected chi connectivity index (χ0v) is 12.6. The maximum Gasteiger partial charge on any atom is 0.144 e. The van der Waals surface area contributed by atoms with E-state index in [2.05, 4.69) is 49.2 Å². The maximum absolute atomic E-state index is 5.96. The average Bonchev–Trinajstić information content (AvgIpc) is 2.81. The lowest BCUT2D eigenvalue weighted by molar-refractivity contribution is 0.185. The van der Waals surface area contributed by atoms with Gasteiger partial charge in [0.25, 0.3) is 0 Å². The molecule has 0 amide bonds. The minimum absolute atomic E-state index is 0.185. The van der Waals surface area contributed by atoms with E-state index < -0.39 is 0 Å². The predicted octanol–water partition coefficient (Wildman–Crippen LogP) is 2.74. The fourth-order valence-corrected chi connectivity index (χ4v) is 3.23. The van der Waals surface area contributed by atoms with Crippen LogP contribution in [0.15, 0.2) is 18.2 Å². The third-order valence-electron chi connectivity index (χ3n) is 4.12. The molecule has 0 radical (unpaired) electrons. The molecular formula is C16H24N2O2. The monoisotopic (exact) mass is 276 g/mol. The van der Waals surface area contributed by atoms with Gasteiger partial charge in [-0.1, -0.05) is 6.07 Å². The van der Waals surface area contributed by atoms with Crippen LogP contribution in [0.1, 0.15) is 20.8 Å². The van der Waals surface area contributed by atoms with Gasteiger partial charge in [0.05, 0.1) is 31.0 Å². The molecule has 2 heterocycles. The molecule has 2 aliphatic heterocycles. The Morgan fingerprint density at radius 1 is 1.40 bits per heavy atom. The quantitative estimate of drug-likeness (QED) is 0.920. The van der Waals surface area contributed by atoms with Crippen LogP contribution in [-0.2, 0) is 4.74 Å². The number of fused-ring (bicyclic) bond motifs is 2. The Morgan fingerprint density at radius 3 is 3.00 bits per heavy atom. The lowest BCUT2D eigenvalue weighted by Gasteiger charge is -2.31. The van der Waals surface area contributed by atoms with Crippen LogP contribution in [-0.4, -0.2) is 38.4 Å². The van der Waals surface area contributed by atoms with Crippen LogP contribution in [0.25, 0.3) is 0 Å². The van der Waals surface area contributed by atoms with Crippen molar-refractivity contribution in [3.8, 4) is 5.75 Å². The Labute approximate surface area is 121 Å². The Bertz CT molecular complexity index is 476. The number of likely N-dealkylation sites (N-methyl/N-ethyl adjacent to an activating group) is 1. The molecule has 4 heteroatoms. The van der Waals surface area contributed by atoms with E-state index in [1.54, 1.807) is 0 Å². The van der Waals surface area contributed by atoms with E-state index in [-0.39, 0.29) is 6.10 Å². The molecule has 0 spiro atoms. The SMILES string of the molecule is CCN1c2cccc(OC(C)C)c2NCC2COCC21. The van der Waals surface area contributed by atoms with Crippen LogP contribution in [0.4, 0.5) is 11.4 Å². The fourth-order valence-electron chi connectivity index (χ4n) is 3.23. The molecule has 2 aliphatic rings. The first-order valence-corrected chi connectivity index (χ1v) is 7.58. The number of ether oxygens (including phenoxy) is 2. The lowest BCUT2D eigenvalue weighted by atomic mass is 10.0. The van der Waals surface area contributed by atoms with Gasteiger partial charge in [-0.25, -0.2) is 0 Å². The van der Waals surface area contributed by atoms with Crippen molar-refractivity contribution in [1.29, 1.82) is 0 Å². The highest BCUT2D eigenvalue weighted by Gasteiger charge is 2.36. The van der Waals surface area contributed by atoms with E-state index >= 15 is 0 Å². The van der Waals surface area contributed by atoms with Gasteiger partial charge >= 0.3 is 0 Å². The summed E-state index contributed by atoms with van der Waals surface area (Å²) in [6.45, 7) is 9.96. The highest BCUT2D eigenvalue weighted by molar-refractivity contribution is 5.78. The summed E-state index contributed by atoms with van der Waals surface area (Å²) in [5.41, 5.74) is 2.38. The summed E-state index contributed by atoms with van der Waals surface area (Å²) < 4.78 is 11.6. The molecule has 0 aliphatic carbocycles. The Kier molecular flexibility index (Phi) is 3.74. The summed E-state index contributed by atoms with van der Waals surface area (Å²) in [5.74, 6) is 1.51. The van der Waals surface area contributed by atoms with Crippen molar-refractivity contribution in [2.75, 3.05) is 36.5 Å². The van der Waals surface area contributed by atoms with Crippen LogP contribution in [0.2, 0.25) is 0 Å². The fraction of sp³-hybridized carbons (Fsp3) is 0.625. The van der Waals surface area contributed by atoms with Crippen molar-refractivity contribution in [2.45, 2.75) is 32.9 Å². The van der Waals surface area contributed by atoms with Gasteiger partial charge in [0.2, 0.25) is 0 Å². The zero-order chi connectivity index (χ0) is 14.1. The second-order valence-electron chi connectivity index (χ2n) is 5.85. The van der Waals surface area contributed by atoms with E-state index in [1.807, 2.05) is 0 Å². The summed E-state index contributed by atoms with van der Waals surface area (Å²) >= 11 is 0. The topological polar surface area (TPSA) is 33.7 Å². The molecule has 0 saturated carbocycles. The predicted molar refractivity (Wildman–Crippen MR) is 81.8 cm³/mol. The van der Waals surface area contributed by atoms with Crippen LogP contribution in [0.5, 0.6) is 5.75 Å². The highest BCUT2D eigenvalue weighted by Crippen LogP contribution is 2.40. The normalized spacial score (nSPS) is 24.9. The van der Waals surface area contributed by atoms with E-state index in [0.717, 1.165) is 37.7 Å². The molecule has 2 atom stereocenters. The van der Waals surface area contributed by atoms with Crippen molar-refractivity contribution >= 4 is 11.4 Å². The second kappa shape index (κ2) is 5.52. The van der Waals surface area contributed by atoms with Crippen LogP contribution < -0.4 is 15.0 Å². The van der Waals surface area contributed by atoms with Crippen molar-refractivity contribution < 1.29 is 9.47 Å². The van der Waals surface area contributed by atoms with Crippen molar-refractivity contribution in [2.24, 2.45) is 5.92 Å². The molecule has 1 fully saturated rings. The molecule has 2 unspecified atom stereocenters. The number of nitrogens with zero attached hydrogens (tertiary/aromatic N) is 1. The number of nitrogens with one attached hydrogen (secondary N) is 1. The number of hydrogen-bond acceptors (Lipinski definition) is 4. The first-order valence-electron chi connectivity index (χ1n) is 7.58. The average molecular weight is 276 g/mol. The minimum Gasteiger partial charge on any atom is -0.489 e. The number of rotatable bonds is 3. The summed E-state index contributed by atoms with van der Waals surface area (Å²) in [6.07, 6.45) is 0.185.